The summed E-state index contributed by atoms with van der Waals surface area (Å²) in [6.07, 6.45) is 3.49. The van der Waals surface area contributed by atoms with Crippen LogP contribution in [0.4, 0.5) is 0 Å². The Morgan fingerprint density at radius 1 is 1.42 bits per heavy atom. The molecule has 2 saturated heterocycles. The third kappa shape index (κ3) is 1.65. The molecule has 1 aromatic rings. The first kappa shape index (κ1) is 11.7. The van der Waals surface area contributed by atoms with E-state index in [0.29, 0.717) is 11.1 Å². The Balaban J connectivity index is 1.82. The van der Waals surface area contributed by atoms with Crippen LogP contribution in [0.1, 0.15) is 30.7 Å². The Kier molecular flexibility index (Phi) is 2.18. The van der Waals surface area contributed by atoms with E-state index in [9.17, 15) is 0 Å². The maximum absolute atomic E-state index is 6.15. The van der Waals surface area contributed by atoms with Gasteiger partial charge in [-0.2, -0.15) is 0 Å². The van der Waals surface area contributed by atoms with Gasteiger partial charge in [0, 0.05) is 12.0 Å². The first-order chi connectivity index (χ1) is 8.95. The lowest BCUT2D eigenvalue weighted by molar-refractivity contribution is -0.0101. The number of rotatable bonds is 0. The van der Waals surface area contributed by atoms with E-state index in [2.05, 4.69) is 31.8 Å². The average molecular weight is 278 g/mol. The quantitative estimate of drug-likeness (QED) is 0.540. The van der Waals surface area contributed by atoms with E-state index in [4.69, 9.17) is 21.1 Å². The number of pyridine rings is 1. The van der Waals surface area contributed by atoms with E-state index in [1.54, 1.807) is 0 Å². The van der Waals surface area contributed by atoms with Crippen molar-refractivity contribution in [2.75, 3.05) is 0 Å². The molecule has 3 atom stereocenters. The monoisotopic (exact) mass is 277 g/mol. The van der Waals surface area contributed by atoms with Gasteiger partial charge in [0.1, 0.15) is 22.6 Å². The van der Waals surface area contributed by atoms with Gasteiger partial charge in [0.25, 0.3) is 0 Å². The molecule has 0 spiro atoms. The molecule has 19 heavy (non-hydrogen) atoms. The van der Waals surface area contributed by atoms with E-state index < -0.39 is 0 Å². The highest BCUT2D eigenvalue weighted by Gasteiger charge is 2.60. The van der Waals surface area contributed by atoms with Crippen molar-refractivity contribution < 1.29 is 9.47 Å². The molecule has 0 saturated carbocycles. The first-order valence-electron chi connectivity index (χ1n) is 6.68. The molecular weight excluding hydrogens is 262 g/mol. The molecule has 2 fully saturated rings. The maximum atomic E-state index is 6.15. The summed E-state index contributed by atoms with van der Waals surface area (Å²) in [5.41, 5.74) is 3.15. The summed E-state index contributed by atoms with van der Waals surface area (Å²) in [6.45, 7) is 6.25. The van der Waals surface area contributed by atoms with Crippen LogP contribution < -0.4 is 0 Å². The van der Waals surface area contributed by atoms with Gasteiger partial charge in [-0.1, -0.05) is 11.6 Å². The van der Waals surface area contributed by atoms with Gasteiger partial charge in [-0.25, -0.2) is 4.98 Å². The van der Waals surface area contributed by atoms with E-state index in [-0.39, 0.29) is 17.8 Å². The number of nitrogens with zero attached hydrogens (tertiary/aromatic N) is 1. The average Bonchev–Trinajstić information content (AvgIpc) is 3.08. The molecule has 4 heteroatoms. The molecule has 3 aliphatic rings. The van der Waals surface area contributed by atoms with Gasteiger partial charge in [-0.3, -0.25) is 0 Å². The van der Waals surface area contributed by atoms with Crippen LogP contribution in [0.25, 0.3) is 6.08 Å². The van der Waals surface area contributed by atoms with Gasteiger partial charge < -0.3 is 9.47 Å². The van der Waals surface area contributed by atoms with E-state index in [0.717, 1.165) is 29.0 Å². The normalized spacial score (nSPS) is 33.5. The Morgan fingerprint density at radius 3 is 3.00 bits per heavy atom. The third-order valence-corrected chi connectivity index (χ3v) is 4.56. The van der Waals surface area contributed by atoms with Crippen LogP contribution in [0.15, 0.2) is 11.8 Å². The van der Waals surface area contributed by atoms with Crippen LogP contribution >= 0.6 is 11.6 Å². The summed E-state index contributed by atoms with van der Waals surface area (Å²) >= 11 is 6.05. The molecule has 2 aliphatic heterocycles. The van der Waals surface area contributed by atoms with Crippen LogP contribution in [0.5, 0.6) is 0 Å². The first-order valence-corrected chi connectivity index (χ1v) is 7.05. The smallest absolute Gasteiger partial charge is 0.132 e. The molecule has 1 aromatic heterocycles. The molecule has 1 unspecified atom stereocenters. The summed E-state index contributed by atoms with van der Waals surface area (Å²) in [6, 6.07) is 1.90. The Bertz CT molecular complexity index is 608. The molecule has 0 aromatic carbocycles. The van der Waals surface area contributed by atoms with Gasteiger partial charge in [-0.05, 0) is 38.5 Å². The molecule has 4 rings (SSSR count). The number of halogens is 1. The predicted octanol–water partition coefficient (Wildman–Crippen LogP) is 3.13. The third-order valence-electron chi connectivity index (χ3n) is 4.37. The second kappa shape index (κ2) is 3.53. The van der Waals surface area contributed by atoms with Gasteiger partial charge >= 0.3 is 0 Å². The summed E-state index contributed by atoms with van der Waals surface area (Å²) in [5.74, 6) is 1.35. The largest absolute Gasteiger partial charge is 0.489 e. The second-order valence-electron chi connectivity index (χ2n) is 6.21. The zero-order valence-electron chi connectivity index (χ0n) is 11.2. The Hall–Kier alpha value is -1.06. The van der Waals surface area contributed by atoms with Crippen molar-refractivity contribution in [3.63, 3.8) is 0 Å². The van der Waals surface area contributed by atoms with Gasteiger partial charge in [-0.15, -0.1) is 0 Å². The SMILES string of the molecule is Cc1cc(Cl)nc2c1C=C1OC(C)(C)[C@@H]3O[C@@H]3C1C2. The lowest BCUT2D eigenvalue weighted by atomic mass is 9.81. The number of aryl methyl sites for hydroxylation is 1. The van der Waals surface area contributed by atoms with Crippen molar-refractivity contribution in [3.05, 3.63) is 33.8 Å². The number of aromatic nitrogens is 1. The van der Waals surface area contributed by atoms with Crippen LogP contribution in [0.2, 0.25) is 5.15 Å². The highest BCUT2D eigenvalue weighted by molar-refractivity contribution is 6.29. The summed E-state index contributed by atoms with van der Waals surface area (Å²) in [4.78, 5) is 4.46. The molecule has 3 heterocycles. The van der Waals surface area contributed by atoms with E-state index >= 15 is 0 Å². The van der Waals surface area contributed by atoms with E-state index in [1.807, 2.05) is 6.07 Å². The molecule has 100 valence electrons. The van der Waals surface area contributed by atoms with Gasteiger partial charge in [0.05, 0.1) is 17.7 Å². The lowest BCUT2D eigenvalue weighted by Gasteiger charge is -2.36. The maximum Gasteiger partial charge on any atom is 0.132 e. The fourth-order valence-electron chi connectivity index (χ4n) is 3.35. The minimum atomic E-state index is -0.224. The number of hydrogen-bond donors (Lipinski definition) is 0. The summed E-state index contributed by atoms with van der Waals surface area (Å²) in [7, 11) is 0. The Morgan fingerprint density at radius 2 is 2.21 bits per heavy atom. The molecule has 0 bridgehead atoms. The molecule has 3 nitrogen and oxygen atoms in total. The van der Waals surface area contributed by atoms with Crippen LogP contribution in [-0.4, -0.2) is 22.8 Å². The molecule has 0 amide bonds. The number of hydrogen-bond acceptors (Lipinski definition) is 3. The second-order valence-corrected chi connectivity index (χ2v) is 6.59. The minimum absolute atomic E-state index is 0.219. The summed E-state index contributed by atoms with van der Waals surface area (Å²) < 4.78 is 12.0. The van der Waals surface area contributed by atoms with Crippen LogP contribution in [0, 0.1) is 12.8 Å². The molecule has 0 N–H and O–H groups in total. The van der Waals surface area contributed by atoms with Crippen LogP contribution in [0.3, 0.4) is 0 Å². The van der Waals surface area contributed by atoms with Crippen molar-refractivity contribution in [1.29, 1.82) is 0 Å². The van der Waals surface area contributed by atoms with Crippen molar-refractivity contribution >= 4 is 17.7 Å². The topological polar surface area (TPSA) is 34.6 Å². The predicted molar refractivity (Wildman–Crippen MR) is 73.0 cm³/mol. The van der Waals surface area contributed by atoms with Crippen molar-refractivity contribution in [2.45, 2.75) is 45.0 Å². The lowest BCUT2D eigenvalue weighted by Crippen LogP contribution is -2.41. The Labute approximate surface area is 117 Å². The molecular formula is C15H16ClNO2. The van der Waals surface area contributed by atoms with Gasteiger partial charge in [0.15, 0.2) is 0 Å². The van der Waals surface area contributed by atoms with Gasteiger partial charge in [0.2, 0.25) is 0 Å². The van der Waals surface area contributed by atoms with Crippen molar-refractivity contribution in [1.82, 2.24) is 4.98 Å². The van der Waals surface area contributed by atoms with E-state index in [1.165, 1.54) is 0 Å². The zero-order chi connectivity index (χ0) is 13.4. The fraction of sp³-hybridized carbons (Fsp3) is 0.533. The molecule has 1 aliphatic carbocycles. The highest BCUT2D eigenvalue weighted by Crippen LogP contribution is 2.51. The number of epoxide rings is 1. The fourth-order valence-corrected chi connectivity index (χ4v) is 3.62. The zero-order valence-corrected chi connectivity index (χ0v) is 12.0. The summed E-state index contributed by atoms with van der Waals surface area (Å²) in [5, 5.41) is 0.568. The standard InChI is InChI=1S/C15H16ClNO2/c1-7-4-12(16)17-10-5-9-11(6-8(7)10)19-15(2,3)14-13(9)18-14/h4,6,9,13-14H,5H2,1-3H3/t9?,13-,14-/m1/s1. The number of fused-ring (bicyclic) bond motifs is 4. The highest BCUT2D eigenvalue weighted by atomic mass is 35.5. The van der Waals surface area contributed by atoms with Crippen molar-refractivity contribution in [3.8, 4) is 0 Å². The number of ether oxygens (including phenoxy) is 2. The van der Waals surface area contributed by atoms with Crippen molar-refractivity contribution in [2.24, 2.45) is 5.92 Å². The van der Waals surface area contributed by atoms with Crippen LogP contribution in [-0.2, 0) is 15.9 Å². The molecule has 0 radical (unpaired) electrons. The minimum Gasteiger partial charge on any atom is -0.489 e.